The molecule has 1 aromatic carbocycles. The number of fused-ring (bicyclic) bond motifs is 1. The maximum absolute atomic E-state index is 15.1. The second kappa shape index (κ2) is 12.7. The normalized spacial score (nSPS) is 21.9. The summed E-state index contributed by atoms with van der Waals surface area (Å²) in [7, 11) is -0.879. The van der Waals surface area contributed by atoms with E-state index in [-0.39, 0.29) is 30.1 Å². The van der Waals surface area contributed by atoms with E-state index >= 15 is 4.39 Å². The van der Waals surface area contributed by atoms with Crippen molar-refractivity contribution in [2.24, 2.45) is 4.85 Å². The average molecular weight is 581 g/mol. The number of halogens is 1. The van der Waals surface area contributed by atoms with Crippen LogP contribution >= 0.6 is 8.17 Å². The summed E-state index contributed by atoms with van der Waals surface area (Å²) in [6, 6.07) is 5.23. The van der Waals surface area contributed by atoms with Gasteiger partial charge in [-0.25, -0.2) is 9.37 Å². The number of ether oxygens (including phenoxy) is 3. The molecule has 0 radical (unpaired) electrons. The SMILES string of the molecule is CNc1nc(N)nc2c1ncn2[C@@H]1O[C@H](COc2ccc(O/[P+]([O-])=N/N[C@@H](C)C(=O)OC(C)C)cc2)[C@@H](O)[C@H]1F. The van der Waals surface area contributed by atoms with Gasteiger partial charge >= 0.3 is 14.1 Å². The van der Waals surface area contributed by atoms with E-state index < -0.39 is 44.8 Å². The fourth-order valence-corrected chi connectivity index (χ4v) is 4.38. The quantitative estimate of drug-likeness (QED) is 0.143. The Kier molecular flexibility index (Phi) is 9.27. The molecule has 40 heavy (non-hydrogen) atoms. The van der Waals surface area contributed by atoms with E-state index in [0.717, 1.165) is 0 Å². The summed E-state index contributed by atoms with van der Waals surface area (Å²) in [6.45, 7) is 4.78. The highest BCUT2D eigenvalue weighted by Crippen LogP contribution is 2.35. The summed E-state index contributed by atoms with van der Waals surface area (Å²) in [6.07, 6.45) is -4.43. The van der Waals surface area contributed by atoms with Gasteiger partial charge in [-0.2, -0.15) is 15.4 Å². The molecule has 1 aliphatic rings. The van der Waals surface area contributed by atoms with Crippen molar-refractivity contribution >= 4 is 37.1 Å². The van der Waals surface area contributed by atoms with Crippen LogP contribution in [-0.4, -0.2) is 74.8 Å². The van der Waals surface area contributed by atoms with Gasteiger partial charge in [-0.1, -0.05) is 0 Å². The zero-order valence-corrected chi connectivity index (χ0v) is 23.0. The van der Waals surface area contributed by atoms with E-state index in [1.807, 2.05) is 0 Å². The number of benzene rings is 1. The molecule has 216 valence electrons. The largest absolute Gasteiger partial charge is 0.574 e. The molecule has 1 fully saturated rings. The number of aliphatic hydroxyl groups excluding tert-OH is 1. The third-order valence-electron chi connectivity index (χ3n) is 5.70. The number of nitrogens with two attached hydrogens (primary N) is 1. The van der Waals surface area contributed by atoms with Gasteiger partial charge in [-0.3, -0.25) is 13.9 Å². The third-order valence-corrected chi connectivity index (χ3v) is 6.35. The molecule has 0 aliphatic carbocycles. The van der Waals surface area contributed by atoms with Crippen molar-refractivity contribution in [3.63, 3.8) is 0 Å². The van der Waals surface area contributed by atoms with Crippen molar-refractivity contribution in [1.29, 1.82) is 0 Å². The zero-order chi connectivity index (χ0) is 29.0. The maximum Gasteiger partial charge on any atom is 0.412 e. The van der Waals surface area contributed by atoms with Crippen LogP contribution < -0.4 is 30.6 Å². The minimum atomic E-state index is -2.52. The van der Waals surface area contributed by atoms with E-state index in [0.29, 0.717) is 17.1 Å². The minimum absolute atomic E-state index is 0.0322. The number of imidazole rings is 1. The van der Waals surface area contributed by atoms with Gasteiger partial charge in [-0.15, -0.1) is 0 Å². The molecule has 1 aliphatic heterocycles. The Morgan fingerprint density at radius 2 is 2.00 bits per heavy atom. The van der Waals surface area contributed by atoms with Crippen LogP contribution in [0.2, 0.25) is 0 Å². The highest BCUT2D eigenvalue weighted by molar-refractivity contribution is 7.33. The number of alkyl halides is 1. The van der Waals surface area contributed by atoms with Gasteiger partial charge in [-0.05, 0) is 45.0 Å². The second-order valence-electron chi connectivity index (χ2n) is 9.05. The number of carbonyl (C=O) groups is 1. The van der Waals surface area contributed by atoms with Gasteiger partial charge in [0.05, 0.1) is 12.4 Å². The van der Waals surface area contributed by atoms with Gasteiger partial charge in [0.1, 0.15) is 30.6 Å². The van der Waals surface area contributed by atoms with Crippen molar-refractivity contribution in [3.8, 4) is 11.5 Å². The van der Waals surface area contributed by atoms with Crippen LogP contribution in [0.25, 0.3) is 11.2 Å². The number of aromatic nitrogens is 4. The lowest BCUT2D eigenvalue weighted by molar-refractivity contribution is -0.169. The summed E-state index contributed by atoms with van der Waals surface area (Å²) in [4.78, 5) is 39.9. The predicted octanol–water partition coefficient (Wildman–Crippen LogP) is 1.20. The van der Waals surface area contributed by atoms with Crippen LogP contribution in [0.1, 0.15) is 27.0 Å². The fourth-order valence-electron chi connectivity index (χ4n) is 3.77. The number of hydrogen-bond donors (Lipinski definition) is 4. The first kappa shape index (κ1) is 29.3. The average Bonchev–Trinajstić information content (AvgIpc) is 3.46. The number of nitrogen functional groups attached to an aromatic ring is 1. The topological polar surface area (TPSA) is 203 Å². The highest BCUT2D eigenvalue weighted by Gasteiger charge is 2.46. The molecule has 3 heterocycles. The molecule has 3 aromatic rings. The number of esters is 1. The lowest BCUT2D eigenvalue weighted by Crippen LogP contribution is -2.33. The van der Waals surface area contributed by atoms with Crippen molar-refractivity contribution in [3.05, 3.63) is 30.6 Å². The summed E-state index contributed by atoms with van der Waals surface area (Å²) in [5, 5.41) is 13.3. The van der Waals surface area contributed by atoms with Crippen LogP contribution in [0.4, 0.5) is 16.2 Å². The molecule has 1 saturated heterocycles. The van der Waals surface area contributed by atoms with Crippen molar-refractivity contribution < 1.29 is 37.9 Å². The monoisotopic (exact) mass is 580 g/mol. The molecule has 4 rings (SSSR count). The number of carbonyl (C=O) groups excluding carboxylic acids is 1. The molecule has 15 nitrogen and oxygen atoms in total. The van der Waals surface area contributed by atoms with E-state index in [2.05, 4.69) is 30.5 Å². The molecule has 0 saturated carbocycles. The van der Waals surface area contributed by atoms with E-state index in [1.54, 1.807) is 20.9 Å². The molecule has 17 heteroatoms. The van der Waals surface area contributed by atoms with E-state index in [9.17, 15) is 14.8 Å². The van der Waals surface area contributed by atoms with Gasteiger partial charge in [0.25, 0.3) is 0 Å². The van der Waals surface area contributed by atoms with Gasteiger partial charge in [0.15, 0.2) is 35.1 Å². The molecule has 0 spiro atoms. The summed E-state index contributed by atoms with van der Waals surface area (Å²) < 4.78 is 38.1. The molecular formula is C23H30FN8O7P. The standard InChI is InChI=1S/C23H30FN8O7P/c1-11(2)37-22(34)12(3)30-31-40(35)39-14-7-5-13(6-8-14)36-9-15-18(33)16(24)21(38-15)32-10-27-17-19(26-4)28-23(25)29-20(17)32/h5-8,10-12,15-16,18,21,30,33H,9H2,1-4H3,(H3,25,26,28,29)/t12-,15+,16+,18+,21+/m0/s1. The van der Waals surface area contributed by atoms with Crippen LogP contribution in [0.3, 0.4) is 0 Å². The number of anilines is 2. The van der Waals surface area contributed by atoms with E-state index in [4.69, 9.17) is 24.5 Å². The summed E-state index contributed by atoms with van der Waals surface area (Å²) in [5.74, 6) is 0.398. The predicted molar refractivity (Wildman–Crippen MR) is 140 cm³/mol. The molecule has 1 unspecified atom stereocenters. The molecule has 0 amide bonds. The lowest BCUT2D eigenvalue weighted by Gasteiger charge is -2.16. The molecule has 0 bridgehead atoms. The van der Waals surface area contributed by atoms with Crippen LogP contribution in [0.5, 0.6) is 11.5 Å². The van der Waals surface area contributed by atoms with E-state index in [1.165, 1.54) is 42.1 Å². The number of nitrogens with one attached hydrogen (secondary N) is 2. The first-order valence-corrected chi connectivity index (χ1v) is 13.4. The Balaban J connectivity index is 1.33. The van der Waals surface area contributed by atoms with Crippen molar-refractivity contribution in [2.45, 2.75) is 57.5 Å². The molecule has 5 N–H and O–H groups in total. The Morgan fingerprint density at radius 1 is 1.30 bits per heavy atom. The number of hydrogen-bond acceptors (Lipinski definition) is 13. The van der Waals surface area contributed by atoms with Gasteiger partial charge in [0, 0.05) is 11.9 Å². The highest BCUT2D eigenvalue weighted by atomic mass is 31.1. The first-order valence-electron chi connectivity index (χ1n) is 12.3. The van der Waals surface area contributed by atoms with Crippen LogP contribution in [-0.2, 0) is 14.3 Å². The minimum Gasteiger partial charge on any atom is -0.574 e. The summed E-state index contributed by atoms with van der Waals surface area (Å²) >= 11 is 0. The Morgan fingerprint density at radius 3 is 2.67 bits per heavy atom. The van der Waals surface area contributed by atoms with Gasteiger partial charge < -0.3 is 35.3 Å². The zero-order valence-electron chi connectivity index (χ0n) is 22.1. The molecule has 6 atom stereocenters. The number of rotatable bonds is 11. The number of nitrogens with zero attached hydrogens (tertiary/aromatic N) is 5. The lowest BCUT2D eigenvalue weighted by atomic mass is 10.1. The van der Waals surface area contributed by atoms with Gasteiger partial charge in [0.2, 0.25) is 5.95 Å². The maximum atomic E-state index is 15.1. The Bertz CT molecular complexity index is 1360. The van der Waals surface area contributed by atoms with Crippen LogP contribution in [0.15, 0.2) is 35.4 Å². The van der Waals surface area contributed by atoms with Crippen molar-refractivity contribution in [1.82, 2.24) is 24.9 Å². The summed E-state index contributed by atoms with van der Waals surface area (Å²) in [5.41, 5.74) is 8.82. The van der Waals surface area contributed by atoms with Crippen LogP contribution in [0, 0.1) is 0 Å². The first-order chi connectivity index (χ1) is 19.1. The Hall–Kier alpha value is -3.69. The Labute approximate surface area is 229 Å². The molecule has 2 aromatic heterocycles. The fraction of sp³-hybridized carbons (Fsp3) is 0.478. The second-order valence-corrected chi connectivity index (χ2v) is 9.91. The van der Waals surface area contributed by atoms with Crippen molar-refractivity contribution in [2.75, 3.05) is 24.7 Å². The third kappa shape index (κ3) is 6.71. The molecular weight excluding hydrogens is 550 g/mol. The smallest absolute Gasteiger partial charge is 0.412 e. The number of aliphatic hydroxyl groups is 1.